The number of nitrogens with zero attached hydrogens (tertiary/aromatic N) is 1. The maximum absolute atomic E-state index is 12.5. The van der Waals surface area contributed by atoms with E-state index in [2.05, 4.69) is 5.32 Å². The van der Waals surface area contributed by atoms with Gasteiger partial charge in [-0.25, -0.2) is 4.90 Å². The van der Waals surface area contributed by atoms with E-state index in [4.69, 9.17) is 11.6 Å². The molecule has 0 aromatic heterocycles. The SMILES string of the molecule is O=C(CC1SC(=O)N(c2ccc(Cl)cc2)C1=O)Nc1ccc(O)cc1. The van der Waals surface area contributed by atoms with Crippen LogP contribution in [0.1, 0.15) is 6.42 Å². The highest BCUT2D eigenvalue weighted by Gasteiger charge is 2.41. The number of hydrogen-bond acceptors (Lipinski definition) is 5. The van der Waals surface area contributed by atoms with Gasteiger partial charge in [0.25, 0.3) is 5.24 Å². The molecule has 0 aliphatic carbocycles. The van der Waals surface area contributed by atoms with Crippen LogP contribution < -0.4 is 10.2 Å². The number of nitrogens with one attached hydrogen (secondary N) is 1. The molecular weight excluding hydrogens is 364 g/mol. The molecule has 1 aliphatic heterocycles. The molecule has 6 nitrogen and oxygen atoms in total. The maximum atomic E-state index is 12.5. The van der Waals surface area contributed by atoms with Gasteiger partial charge >= 0.3 is 0 Å². The number of amides is 3. The number of carbonyl (C=O) groups excluding carboxylic acids is 3. The monoisotopic (exact) mass is 376 g/mol. The first-order valence-electron chi connectivity index (χ1n) is 7.33. The van der Waals surface area contributed by atoms with Gasteiger partial charge in [-0.05, 0) is 60.3 Å². The lowest BCUT2D eigenvalue weighted by molar-refractivity contribution is -0.121. The minimum Gasteiger partial charge on any atom is -0.508 e. The van der Waals surface area contributed by atoms with Gasteiger partial charge in [-0.2, -0.15) is 0 Å². The van der Waals surface area contributed by atoms with Crippen LogP contribution in [-0.2, 0) is 9.59 Å². The summed E-state index contributed by atoms with van der Waals surface area (Å²) in [6.07, 6.45) is -0.125. The molecule has 128 valence electrons. The number of halogens is 1. The smallest absolute Gasteiger partial charge is 0.293 e. The fourth-order valence-electron chi connectivity index (χ4n) is 2.34. The zero-order valence-electron chi connectivity index (χ0n) is 12.8. The summed E-state index contributed by atoms with van der Waals surface area (Å²) in [5.41, 5.74) is 0.924. The number of rotatable bonds is 4. The van der Waals surface area contributed by atoms with Gasteiger partial charge in [0.2, 0.25) is 11.8 Å². The van der Waals surface area contributed by atoms with E-state index in [0.717, 1.165) is 16.7 Å². The highest BCUT2D eigenvalue weighted by atomic mass is 35.5. The molecule has 1 aliphatic rings. The van der Waals surface area contributed by atoms with E-state index < -0.39 is 16.4 Å². The lowest BCUT2D eigenvalue weighted by Gasteiger charge is -2.14. The summed E-state index contributed by atoms with van der Waals surface area (Å²) in [6, 6.07) is 12.3. The predicted octanol–water partition coefficient (Wildman–Crippen LogP) is 3.64. The molecule has 1 saturated heterocycles. The fraction of sp³-hybridized carbons (Fsp3) is 0.118. The molecule has 1 atom stereocenters. The number of anilines is 2. The molecule has 3 amide bonds. The van der Waals surface area contributed by atoms with Crippen LogP contribution in [0.2, 0.25) is 5.02 Å². The maximum Gasteiger partial charge on any atom is 0.293 e. The third-order valence-corrected chi connectivity index (χ3v) is 4.82. The van der Waals surface area contributed by atoms with Crippen molar-refractivity contribution in [1.82, 2.24) is 0 Å². The molecule has 1 fully saturated rings. The highest BCUT2D eigenvalue weighted by Crippen LogP contribution is 2.34. The van der Waals surface area contributed by atoms with Crippen molar-refractivity contribution in [3.8, 4) is 5.75 Å². The van der Waals surface area contributed by atoms with E-state index in [1.807, 2.05) is 0 Å². The average Bonchev–Trinajstić information content (AvgIpc) is 2.84. The molecule has 0 saturated carbocycles. The molecular formula is C17H13ClN2O4S. The number of hydrogen-bond donors (Lipinski definition) is 2. The van der Waals surface area contributed by atoms with E-state index in [9.17, 15) is 19.5 Å². The second-order valence-electron chi connectivity index (χ2n) is 5.32. The third kappa shape index (κ3) is 3.94. The Morgan fingerprint density at radius 2 is 1.76 bits per heavy atom. The van der Waals surface area contributed by atoms with Crippen LogP contribution in [0, 0.1) is 0 Å². The number of benzene rings is 2. The Morgan fingerprint density at radius 3 is 2.40 bits per heavy atom. The number of imide groups is 1. The van der Waals surface area contributed by atoms with Crippen LogP contribution in [0.3, 0.4) is 0 Å². The highest BCUT2D eigenvalue weighted by molar-refractivity contribution is 8.15. The van der Waals surface area contributed by atoms with Crippen molar-refractivity contribution in [2.75, 3.05) is 10.2 Å². The standard InChI is InChI=1S/C17H13ClN2O4S/c18-10-1-5-12(6-2-10)20-16(23)14(25-17(20)24)9-15(22)19-11-3-7-13(21)8-4-11/h1-8,14,21H,9H2,(H,19,22). The van der Waals surface area contributed by atoms with Crippen LogP contribution in [0.15, 0.2) is 48.5 Å². The molecule has 0 radical (unpaired) electrons. The first-order chi connectivity index (χ1) is 11.9. The third-order valence-electron chi connectivity index (χ3n) is 3.53. The molecule has 0 spiro atoms. The minimum absolute atomic E-state index is 0.0868. The summed E-state index contributed by atoms with van der Waals surface area (Å²) in [4.78, 5) is 37.8. The molecule has 3 rings (SSSR count). The fourth-order valence-corrected chi connectivity index (χ4v) is 3.45. The lowest BCUT2D eigenvalue weighted by Crippen LogP contribution is -2.32. The topological polar surface area (TPSA) is 86.7 Å². The molecule has 25 heavy (non-hydrogen) atoms. The molecule has 1 heterocycles. The first-order valence-corrected chi connectivity index (χ1v) is 8.59. The summed E-state index contributed by atoms with van der Waals surface area (Å²) in [6.45, 7) is 0. The summed E-state index contributed by atoms with van der Waals surface area (Å²) in [5, 5.41) is 11.2. The van der Waals surface area contributed by atoms with Gasteiger partial charge in [0, 0.05) is 17.1 Å². The number of aromatic hydroxyl groups is 1. The quantitative estimate of drug-likeness (QED) is 0.795. The Hall–Kier alpha value is -2.51. The molecule has 2 aromatic rings. The number of phenols is 1. The van der Waals surface area contributed by atoms with Crippen molar-refractivity contribution in [3.63, 3.8) is 0 Å². The van der Waals surface area contributed by atoms with Crippen LogP contribution >= 0.6 is 23.4 Å². The molecule has 0 bridgehead atoms. The predicted molar refractivity (Wildman–Crippen MR) is 97.1 cm³/mol. The van der Waals surface area contributed by atoms with Crippen LogP contribution in [0.25, 0.3) is 0 Å². The number of thioether (sulfide) groups is 1. The Bertz CT molecular complexity index is 824. The summed E-state index contributed by atoms with van der Waals surface area (Å²) < 4.78 is 0. The Balaban J connectivity index is 1.66. The van der Waals surface area contributed by atoms with Gasteiger partial charge in [-0.15, -0.1) is 0 Å². The van der Waals surface area contributed by atoms with Crippen molar-refractivity contribution < 1.29 is 19.5 Å². The zero-order valence-corrected chi connectivity index (χ0v) is 14.4. The van der Waals surface area contributed by atoms with Crippen LogP contribution in [0.4, 0.5) is 16.2 Å². The molecule has 2 N–H and O–H groups in total. The van der Waals surface area contributed by atoms with Crippen molar-refractivity contribution in [3.05, 3.63) is 53.6 Å². The van der Waals surface area contributed by atoms with Gasteiger partial charge in [0.05, 0.1) is 5.69 Å². The van der Waals surface area contributed by atoms with Crippen molar-refractivity contribution in [2.24, 2.45) is 0 Å². The average molecular weight is 377 g/mol. The van der Waals surface area contributed by atoms with Crippen molar-refractivity contribution in [2.45, 2.75) is 11.7 Å². The summed E-state index contributed by atoms with van der Waals surface area (Å²) in [5.74, 6) is -0.732. The first kappa shape index (κ1) is 17.3. The van der Waals surface area contributed by atoms with Gasteiger partial charge < -0.3 is 10.4 Å². The van der Waals surface area contributed by atoms with Crippen molar-refractivity contribution in [1.29, 1.82) is 0 Å². The van der Waals surface area contributed by atoms with E-state index in [1.54, 1.807) is 36.4 Å². The largest absolute Gasteiger partial charge is 0.508 e. The second-order valence-corrected chi connectivity index (χ2v) is 6.91. The Kier molecular flexibility index (Phi) is 4.96. The van der Waals surface area contributed by atoms with Crippen molar-refractivity contribution >= 4 is 51.8 Å². The van der Waals surface area contributed by atoms with E-state index in [-0.39, 0.29) is 18.1 Å². The normalized spacial score (nSPS) is 17.0. The Labute approximate surface area is 152 Å². The van der Waals surface area contributed by atoms with Crippen LogP contribution in [-0.4, -0.2) is 27.4 Å². The summed E-state index contributed by atoms with van der Waals surface area (Å²) in [7, 11) is 0. The van der Waals surface area contributed by atoms with Gasteiger partial charge in [-0.3, -0.25) is 14.4 Å². The summed E-state index contributed by atoms with van der Waals surface area (Å²) >= 11 is 6.64. The molecule has 2 aromatic carbocycles. The molecule has 8 heteroatoms. The van der Waals surface area contributed by atoms with Gasteiger partial charge in [0.15, 0.2) is 0 Å². The Morgan fingerprint density at radius 1 is 1.12 bits per heavy atom. The minimum atomic E-state index is -0.778. The number of carbonyl (C=O) groups is 3. The van der Waals surface area contributed by atoms with E-state index >= 15 is 0 Å². The lowest BCUT2D eigenvalue weighted by atomic mass is 10.2. The van der Waals surface area contributed by atoms with Crippen LogP contribution in [0.5, 0.6) is 5.75 Å². The van der Waals surface area contributed by atoms with E-state index in [0.29, 0.717) is 16.4 Å². The van der Waals surface area contributed by atoms with Gasteiger partial charge in [-0.1, -0.05) is 11.6 Å². The second kappa shape index (κ2) is 7.16. The zero-order chi connectivity index (χ0) is 18.0. The number of phenolic OH excluding ortho intramolecular Hbond substituents is 1. The molecule has 1 unspecified atom stereocenters. The van der Waals surface area contributed by atoms with Gasteiger partial charge in [0.1, 0.15) is 11.0 Å². The van der Waals surface area contributed by atoms with E-state index in [1.165, 1.54) is 12.1 Å².